The van der Waals surface area contributed by atoms with Crippen LogP contribution in [0.1, 0.15) is 76.8 Å². The Morgan fingerprint density at radius 2 is 1.84 bits per heavy atom. The molecule has 4 aromatic rings. The predicted octanol–water partition coefficient (Wildman–Crippen LogP) is 5.11. The lowest BCUT2D eigenvalue weighted by Gasteiger charge is -2.44. The lowest BCUT2D eigenvalue weighted by molar-refractivity contribution is -0.147. The summed E-state index contributed by atoms with van der Waals surface area (Å²) in [6, 6.07) is 8.08. The van der Waals surface area contributed by atoms with E-state index in [1.54, 1.807) is 30.2 Å². The molecule has 3 saturated heterocycles. The summed E-state index contributed by atoms with van der Waals surface area (Å²) < 4.78 is 20.1. The minimum absolute atomic E-state index is 0.00997. The number of fused-ring (bicyclic) bond motifs is 6. The van der Waals surface area contributed by atoms with Crippen LogP contribution in [-0.4, -0.2) is 155 Å². The number of aldehydes is 1. The number of carbonyl (C=O) groups is 5. The summed E-state index contributed by atoms with van der Waals surface area (Å²) in [7, 11) is 3.28. The second-order valence-corrected chi connectivity index (χ2v) is 20.9. The zero-order chi connectivity index (χ0) is 48.5. The first-order valence-electron chi connectivity index (χ1n) is 24.0. The first kappa shape index (κ1) is 49.2. The molecule has 4 atom stereocenters. The maximum absolute atomic E-state index is 14.8. The number of methoxy groups -OCH3 is 1. The molecule has 3 fully saturated rings. The van der Waals surface area contributed by atoms with Crippen molar-refractivity contribution in [2.24, 2.45) is 17.3 Å². The second-order valence-electron chi connectivity index (χ2n) is 19.9. The SMILES string of the molecule is CCn1c(-c2cccnc2[C@H](C)OC)c2c3cc(ccc31)-c1csc(n1)C[C@H](NC(=O)[C@H](C(C)C)N(C)C(=O)N1CC(C(=O)N3CCOCC3)C1)C(=O)N1CCCC(C=O)(COCC(C)(C)C2)N1. The van der Waals surface area contributed by atoms with Gasteiger partial charge in [0.05, 0.1) is 60.5 Å². The molecule has 8 rings (SSSR count). The van der Waals surface area contributed by atoms with E-state index >= 15 is 0 Å². The van der Waals surface area contributed by atoms with Crippen molar-refractivity contribution in [3.05, 3.63) is 58.2 Å². The molecule has 1 aromatic carbocycles. The molecular weight excluding hydrogens is 887 g/mol. The Bertz CT molecular complexity index is 2510. The molecule has 7 heterocycles. The van der Waals surface area contributed by atoms with Gasteiger partial charge in [-0.1, -0.05) is 33.8 Å². The number of nitrogens with one attached hydrogen (secondary N) is 2. The number of thiazole rings is 1. The largest absolute Gasteiger partial charge is 0.378 e. The van der Waals surface area contributed by atoms with E-state index < -0.39 is 34.9 Å². The van der Waals surface area contributed by atoms with E-state index in [9.17, 15) is 24.0 Å². The van der Waals surface area contributed by atoms with Crippen LogP contribution >= 0.6 is 11.3 Å². The summed E-state index contributed by atoms with van der Waals surface area (Å²) >= 11 is 1.41. The van der Waals surface area contributed by atoms with Crippen molar-refractivity contribution in [2.75, 3.05) is 73.3 Å². The number of aryl methyl sites for hydroxylation is 1. The van der Waals surface area contributed by atoms with Gasteiger partial charge in [-0.05, 0) is 74.3 Å². The van der Waals surface area contributed by atoms with Crippen LogP contribution in [0.3, 0.4) is 0 Å². The van der Waals surface area contributed by atoms with Gasteiger partial charge in [0.1, 0.15) is 23.9 Å². The minimum atomic E-state index is -1.19. The molecule has 4 aliphatic rings. The lowest BCUT2D eigenvalue weighted by atomic mass is 9.84. The summed E-state index contributed by atoms with van der Waals surface area (Å²) in [5, 5.41) is 8.16. The van der Waals surface area contributed by atoms with Crippen LogP contribution in [0.2, 0.25) is 0 Å². The van der Waals surface area contributed by atoms with Gasteiger partial charge < -0.3 is 43.6 Å². The zero-order valence-electron chi connectivity index (χ0n) is 40.7. The molecule has 0 spiro atoms. The molecule has 6 bridgehead atoms. The number of ether oxygens (including phenoxy) is 3. The number of nitrogens with zero attached hydrogens (tertiary/aromatic N) is 7. The van der Waals surface area contributed by atoms with E-state index in [0.717, 1.165) is 51.0 Å². The molecule has 5 amide bonds. The average Bonchev–Trinajstić information content (AvgIpc) is 3.91. The van der Waals surface area contributed by atoms with E-state index in [0.29, 0.717) is 70.3 Å². The molecule has 0 radical (unpaired) electrons. The Morgan fingerprint density at radius 3 is 2.54 bits per heavy atom. The van der Waals surface area contributed by atoms with Crippen LogP contribution in [0.5, 0.6) is 0 Å². The Labute approximate surface area is 402 Å². The van der Waals surface area contributed by atoms with Crippen LogP contribution in [0.25, 0.3) is 33.4 Å². The van der Waals surface area contributed by atoms with Gasteiger partial charge in [-0.15, -0.1) is 11.3 Å². The number of likely N-dealkylation sites (N-methyl/N-ethyl adjacent to an activating group) is 1. The molecule has 68 heavy (non-hydrogen) atoms. The molecule has 3 aromatic heterocycles. The summed E-state index contributed by atoms with van der Waals surface area (Å²) in [5.41, 5.74) is 8.41. The smallest absolute Gasteiger partial charge is 0.320 e. The van der Waals surface area contributed by atoms with Gasteiger partial charge in [-0.3, -0.25) is 24.4 Å². The molecule has 17 nitrogen and oxygen atoms in total. The topological polar surface area (TPSA) is 181 Å². The standard InChI is InChI=1S/C50H67N9O8S/c1-9-58-40-14-13-33-22-36(40)37(44(58)35-12-10-16-51-42(35)32(4)65-8)24-49(5,6)29-67-30-50(28-60)15-11-17-59(54-50)47(63)38(23-41-52-39(33)27-68-41)53-45(61)43(31(2)3)55(7)48(64)57-25-34(26-57)46(62)56-18-20-66-21-19-56/h10,12-14,16,22,27-28,31-32,34,38,43,54H,9,11,15,17-21,23-26,29-30H2,1-8H3,(H,53,61)/t32-,38-,43-,50?/m0/s1. The highest BCUT2D eigenvalue weighted by Crippen LogP contribution is 2.42. The second kappa shape index (κ2) is 20.4. The van der Waals surface area contributed by atoms with Crippen LogP contribution in [0.4, 0.5) is 4.79 Å². The van der Waals surface area contributed by atoms with Gasteiger partial charge in [-0.25, -0.2) is 15.2 Å². The zero-order valence-corrected chi connectivity index (χ0v) is 41.5. The maximum atomic E-state index is 14.8. The van der Waals surface area contributed by atoms with Crippen molar-refractivity contribution in [1.82, 2.24) is 45.0 Å². The summed E-state index contributed by atoms with van der Waals surface area (Å²) in [6.45, 7) is 16.1. The third-order valence-electron chi connectivity index (χ3n) is 14.0. The number of hydrazine groups is 1. The third-order valence-corrected chi connectivity index (χ3v) is 14.8. The molecular formula is C50H67N9O8S. The quantitative estimate of drug-likeness (QED) is 0.202. The molecule has 4 aliphatic heterocycles. The van der Waals surface area contributed by atoms with Crippen molar-refractivity contribution in [3.63, 3.8) is 0 Å². The van der Waals surface area contributed by atoms with Gasteiger partial charge in [0, 0.05) is 93.5 Å². The number of urea groups is 1. The first-order valence-corrected chi connectivity index (χ1v) is 24.9. The Hall–Kier alpha value is -5.27. The molecule has 0 aliphatic carbocycles. The summed E-state index contributed by atoms with van der Waals surface area (Å²) in [4.78, 5) is 84.1. The Morgan fingerprint density at radius 1 is 1.07 bits per heavy atom. The van der Waals surface area contributed by atoms with Crippen LogP contribution in [0.15, 0.2) is 41.9 Å². The molecule has 2 N–H and O–H groups in total. The fourth-order valence-electron chi connectivity index (χ4n) is 10.3. The third kappa shape index (κ3) is 9.93. The monoisotopic (exact) mass is 953 g/mol. The van der Waals surface area contributed by atoms with Crippen molar-refractivity contribution in [1.29, 1.82) is 0 Å². The van der Waals surface area contributed by atoms with Crippen molar-refractivity contribution in [2.45, 2.75) is 97.5 Å². The fraction of sp³-hybridized carbons (Fsp3) is 0.580. The average molecular weight is 954 g/mol. The number of morpholine rings is 1. The molecule has 1 unspecified atom stereocenters. The van der Waals surface area contributed by atoms with E-state index in [1.165, 1.54) is 21.2 Å². The molecule has 366 valence electrons. The lowest BCUT2D eigenvalue weighted by Crippen LogP contribution is -2.67. The van der Waals surface area contributed by atoms with Crippen molar-refractivity contribution < 1.29 is 38.2 Å². The van der Waals surface area contributed by atoms with Gasteiger partial charge >= 0.3 is 6.03 Å². The summed E-state index contributed by atoms with van der Waals surface area (Å²) in [6.07, 6.45) is 4.07. The number of rotatable bonds is 10. The summed E-state index contributed by atoms with van der Waals surface area (Å²) in [5.74, 6) is -1.55. The number of likely N-dealkylation sites (tertiary alicyclic amines) is 1. The number of hydrogen-bond acceptors (Lipinski definition) is 12. The van der Waals surface area contributed by atoms with E-state index in [4.69, 9.17) is 24.2 Å². The van der Waals surface area contributed by atoms with Crippen LogP contribution in [0, 0.1) is 17.3 Å². The highest BCUT2D eigenvalue weighted by molar-refractivity contribution is 7.10. The van der Waals surface area contributed by atoms with E-state index in [1.807, 2.05) is 32.2 Å². The number of pyridine rings is 1. The normalized spacial score (nSPS) is 22.3. The van der Waals surface area contributed by atoms with Gasteiger partial charge in [0.2, 0.25) is 11.8 Å². The van der Waals surface area contributed by atoms with Gasteiger partial charge in [-0.2, -0.15) is 0 Å². The van der Waals surface area contributed by atoms with E-state index in [-0.39, 0.29) is 56.0 Å². The number of aromatic nitrogens is 3. The molecule has 18 heteroatoms. The van der Waals surface area contributed by atoms with Crippen molar-refractivity contribution in [3.8, 4) is 22.5 Å². The Balaban J connectivity index is 1.12. The first-order chi connectivity index (χ1) is 32.6. The van der Waals surface area contributed by atoms with E-state index in [2.05, 4.69) is 60.3 Å². The fourth-order valence-corrected chi connectivity index (χ4v) is 11.1. The highest BCUT2D eigenvalue weighted by Gasteiger charge is 2.44. The number of benzene rings is 1. The maximum Gasteiger partial charge on any atom is 0.320 e. The predicted molar refractivity (Wildman–Crippen MR) is 258 cm³/mol. The van der Waals surface area contributed by atoms with Crippen LogP contribution in [-0.2, 0) is 52.8 Å². The minimum Gasteiger partial charge on any atom is -0.378 e. The van der Waals surface area contributed by atoms with Crippen LogP contribution < -0.4 is 10.7 Å². The Kier molecular flexibility index (Phi) is 14.7. The molecule has 0 saturated carbocycles. The van der Waals surface area contributed by atoms with Gasteiger partial charge in [0.25, 0.3) is 5.91 Å². The highest BCUT2D eigenvalue weighted by atomic mass is 32.1. The van der Waals surface area contributed by atoms with Gasteiger partial charge in [0.15, 0.2) is 0 Å². The van der Waals surface area contributed by atoms with Crippen molar-refractivity contribution >= 4 is 52.3 Å². The number of amides is 5. The number of carbonyl (C=O) groups excluding carboxylic acids is 5. The number of hydrogen-bond donors (Lipinski definition) is 2.